The average molecular weight is 316 g/mol. The molecular formula is C17H20N2O4. The summed E-state index contributed by atoms with van der Waals surface area (Å²) in [6.45, 7) is 2.01. The fourth-order valence-electron chi connectivity index (χ4n) is 2.00. The van der Waals surface area contributed by atoms with E-state index in [0.29, 0.717) is 18.7 Å². The zero-order valence-corrected chi connectivity index (χ0v) is 13.2. The Hall–Kier alpha value is -2.76. The van der Waals surface area contributed by atoms with Gasteiger partial charge in [0.05, 0.1) is 7.11 Å². The van der Waals surface area contributed by atoms with Crippen LogP contribution >= 0.6 is 0 Å². The lowest BCUT2D eigenvalue weighted by Crippen LogP contribution is -2.36. The highest BCUT2D eigenvalue weighted by molar-refractivity contribution is 5.90. The van der Waals surface area contributed by atoms with Gasteiger partial charge in [0.15, 0.2) is 6.10 Å². The molecule has 2 rings (SSSR count). The van der Waals surface area contributed by atoms with Crippen LogP contribution in [0.5, 0.6) is 5.75 Å². The third-order valence-corrected chi connectivity index (χ3v) is 3.34. The van der Waals surface area contributed by atoms with Crippen molar-refractivity contribution in [2.75, 3.05) is 13.7 Å². The number of amides is 1. The van der Waals surface area contributed by atoms with Crippen molar-refractivity contribution >= 4 is 11.9 Å². The Balaban J connectivity index is 1.74. The van der Waals surface area contributed by atoms with Crippen LogP contribution in [0.25, 0.3) is 0 Å². The predicted octanol–water partition coefficient (Wildman–Crippen LogP) is 1.93. The second-order valence-corrected chi connectivity index (χ2v) is 5.02. The minimum absolute atomic E-state index is 0.321. The Labute approximate surface area is 134 Å². The number of aromatic nitrogens is 1. The third kappa shape index (κ3) is 4.88. The second-order valence-electron chi connectivity index (χ2n) is 5.02. The van der Waals surface area contributed by atoms with Gasteiger partial charge in [0, 0.05) is 12.7 Å². The van der Waals surface area contributed by atoms with Gasteiger partial charge in [-0.25, -0.2) is 4.79 Å². The van der Waals surface area contributed by atoms with Gasteiger partial charge in [-0.05, 0) is 43.2 Å². The lowest BCUT2D eigenvalue weighted by molar-refractivity contribution is -0.129. The molecule has 2 aromatic rings. The number of benzene rings is 1. The Morgan fingerprint density at radius 2 is 1.96 bits per heavy atom. The quantitative estimate of drug-likeness (QED) is 0.765. The van der Waals surface area contributed by atoms with Crippen molar-refractivity contribution < 1.29 is 19.1 Å². The molecule has 0 aliphatic rings. The molecule has 6 heteroatoms. The number of H-pyrrole nitrogens is 1. The summed E-state index contributed by atoms with van der Waals surface area (Å²) in [4.78, 5) is 26.4. The topological polar surface area (TPSA) is 80.4 Å². The van der Waals surface area contributed by atoms with Gasteiger partial charge in [-0.3, -0.25) is 4.79 Å². The summed E-state index contributed by atoms with van der Waals surface area (Å²) in [6.07, 6.45) is 1.46. The van der Waals surface area contributed by atoms with E-state index in [-0.39, 0.29) is 5.91 Å². The number of rotatable bonds is 7. The van der Waals surface area contributed by atoms with Crippen LogP contribution in [0.15, 0.2) is 42.6 Å². The first kappa shape index (κ1) is 16.6. The summed E-state index contributed by atoms with van der Waals surface area (Å²) in [6, 6.07) is 10.9. The zero-order chi connectivity index (χ0) is 16.7. The lowest BCUT2D eigenvalue weighted by atomic mass is 10.1. The SMILES string of the molecule is COc1ccc(CCNC(=O)[C@H](C)OC(=O)c2ccc[nH]2)cc1. The van der Waals surface area contributed by atoms with Crippen LogP contribution in [-0.2, 0) is 16.0 Å². The first-order chi connectivity index (χ1) is 11.1. The number of methoxy groups -OCH3 is 1. The van der Waals surface area contributed by atoms with Gasteiger partial charge in [0.1, 0.15) is 11.4 Å². The number of carbonyl (C=O) groups is 2. The first-order valence-corrected chi connectivity index (χ1v) is 7.35. The van der Waals surface area contributed by atoms with Gasteiger partial charge in [0.25, 0.3) is 5.91 Å². The largest absolute Gasteiger partial charge is 0.497 e. The molecule has 0 saturated carbocycles. The van der Waals surface area contributed by atoms with E-state index in [1.54, 1.807) is 32.4 Å². The Morgan fingerprint density at radius 3 is 2.57 bits per heavy atom. The van der Waals surface area contributed by atoms with Crippen molar-refractivity contribution in [3.63, 3.8) is 0 Å². The van der Waals surface area contributed by atoms with Gasteiger partial charge >= 0.3 is 5.97 Å². The van der Waals surface area contributed by atoms with E-state index in [9.17, 15) is 9.59 Å². The summed E-state index contributed by atoms with van der Waals surface area (Å²) >= 11 is 0. The molecule has 0 spiro atoms. The van der Waals surface area contributed by atoms with Crippen molar-refractivity contribution in [1.29, 1.82) is 0 Å². The molecule has 0 unspecified atom stereocenters. The molecule has 1 atom stereocenters. The van der Waals surface area contributed by atoms with Crippen molar-refractivity contribution in [3.8, 4) is 5.75 Å². The minimum Gasteiger partial charge on any atom is -0.497 e. The summed E-state index contributed by atoms with van der Waals surface area (Å²) < 4.78 is 10.2. The number of ether oxygens (including phenoxy) is 2. The van der Waals surface area contributed by atoms with Gasteiger partial charge in [-0.1, -0.05) is 12.1 Å². The van der Waals surface area contributed by atoms with E-state index in [1.165, 1.54) is 0 Å². The maximum atomic E-state index is 11.9. The van der Waals surface area contributed by atoms with E-state index in [1.807, 2.05) is 24.3 Å². The summed E-state index contributed by atoms with van der Waals surface area (Å²) in [5, 5.41) is 2.75. The minimum atomic E-state index is -0.846. The van der Waals surface area contributed by atoms with Gasteiger partial charge in [-0.15, -0.1) is 0 Å². The molecule has 1 aromatic heterocycles. The maximum absolute atomic E-state index is 11.9. The van der Waals surface area contributed by atoms with Gasteiger partial charge in [-0.2, -0.15) is 0 Å². The van der Waals surface area contributed by atoms with E-state index in [0.717, 1.165) is 11.3 Å². The number of esters is 1. The molecule has 2 N–H and O–H groups in total. The zero-order valence-electron chi connectivity index (χ0n) is 13.2. The van der Waals surface area contributed by atoms with Crippen molar-refractivity contribution in [1.82, 2.24) is 10.3 Å². The van der Waals surface area contributed by atoms with Crippen molar-refractivity contribution in [2.24, 2.45) is 0 Å². The number of nitrogens with one attached hydrogen (secondary N) is 2. The molecule has 0 aliphatic carbocycles. The molecule has 122 valence electrons. The molecule has 0 aliphatic heterocycles. The highest BCUT2D eigenvalue weighted by Gasteiger charge is 2.18. The average Bonchev–Trinajstić information content (AvgIpc) is 3.10. The number of hydrogen-bond donors (Lipinski definition) is 2. The Kier molecular flexibility index (Phi) is 5.80. The van der Waals surface area contributed by atoms with Gasteiger partial charge < -0.3 is 19.8 Å². The molecule has 1 aromatic carbocycles. The normalized spacial score (nSPS) is 11.6. The standard InChI is InChI=1S/C17H20N2O4/c1-12(23-17(21)15-4-3-10-18-15)16(20)19-11-9-13-5-7-14(22-2)8-6-13/h3-8,10,12,18H,9,11H2,1-2H3,(H,19,20)/t12-/m0/s1. The molecule has 23 heavy (non-hydrogen) atoms. The number of hydrogen-bond acceptors (Lipinski definition) is 4. The molecule has 0 saturated heterocycles. The Morgan fingerprint density at radius 1 is 1.22 bits per heavy atom. The number of carbonyl (C=O) groups excluding carboxylic acids is 2. The first-order valence-electron chi connectivity index (χ1n) is 7.35. The van der Waals surface area contributed by atoms with Crippen LogP contribution in [-0.4, -0.2) is 36.6 Å². The smallest absolute Gasteiger partial charge is 0.355 e. The summed E-state index contributed by atoms with van der Waals surface area (Å²) in [5.41, 5.74) is 1.41. The van der Waals surface area contributed by atoms with E-state index >= 15 is 0 Å². The summed E-state index contributed by atoms with van der Waals surface area (Å²) in [5.74, 6) is -0.0751. The molecule has 1 amide bonds. The van der Waals surface area contributed by atoms with Crippen molar-refractivity contribution in [2.45, 2.75) is 19.4 Å². The Bertz CT molecular complexity index is 635. The predicted molar refractivity (Wildman–Crippen MR) is 85.4 cm³/mol. The molecule has 0 bridgehead atoms. The van der Waals surface area contributed by atoms with E-state index in [2.05, 4.69) is 10.3 Å². The van der Waals surface area contributed by atoms with E-state index < -0.39 is 12.1 Å². The van der Waals surface area contributed by atoms with Crippen LogP contribution in [0, 0.1) is 0 Å². The van der Waals surface area contributed by atoms with Crippen molar-refractivity contribution in [3.05, 3.63) is 53.9 Å². The third-order valence-electron chi connectivity index (χ3n) is 3.34. The van der Waals surface area contributed by atoms with Crippen LogP contribution < -0.4 is 10.1 Å². The van der Waals surface area contributed by atoms with Crippen LogP contribution in [0.4, 0.5) is 0 Å². The lowest BCUT2D eigenvalue weighted by Gasteiger charge is -2.13. The highest BCUT2D eigenvalue weighted by atomic mass is 16.5. The second kappa shape index (κ2) is 8.03. The fraction of sp³-hybridized carbons (Fsp3) is 0.294. The molecule has 1 heterocycles. The van der Waals surface area contributed by atoms with E-state index in [4.69, 9.17) is 9.47 Å². The molecule has 6 nitrogen and oxygen atoms in total. The number of aromatic amines is 1. The monoisotopic (exact) mass is 316 g/mol. The van der Waals surface area contributed by atoms with Gasteiger partial charge in [0.2, 0.25) is 0 Å². The summed E-state index contributed by atoms with van der Waals surface area (Å²) in [7, 11) is 1.62. The van der Waals surface area contributed by atoms with Crippen LogP contribution in [0.2, 0.25) is 0 Å². The van der Waals surface area contributed by atoms with Crippen LogP contribution in [0.1, 0.15) is 23.0 Å². The highest BCUT2D eigenvalue weighted by Crippen LogP contribution is 2.11. The molecule has 0 radical (unpaired) electrons. The maximum Gasteiger partial charge on any atom is 0.355 e. The fourth-order valence-corrected chi connectivity index (χ4v) is 2.00. The van der Waals surface area contributed by atoms with Crippen LogP contribution in [0.3, 0.4) is 0 Å². The molecular weight excluding hydrogens is 296 g/mol. The molecule has 0 fully saturated rings.